The van der Waals surface area contributed by atoms with Gasteiger partial charge in [-0.3, -0.25) is 19.2 Å². The Hall–Kier alpha value is -2.98. The van der Waals surface area contributed by atoms with Crippen LogP contribution in [0.15, 0.2) is 47.4 Å². The third kappa shape index (κ3) is 5.63. The maximum atomic E-state index is 13.8. The SMILES string of the molecule is Cc1ccc(S(=O)(=O)Nc2cccc(C(=O)N3CCN(CC(=O)N(C)C)CC3)c2)cc1F. The zero-order valence-electron chi connectivity index (χ0n) is 18.3. The quantitative estimate of drug-likeness (QED) is 0.707. The molecule has 2 amide bonds. The highest BCUT2D eigenvalue weighted by molar-refractivity contribution is 7.92. The normalized spacial score (nSPS) is 14.8. The number of piperazine rings is 1. The molecule has 0 atom stereocenters. The fourth-order valence-corrected chi connectivity index (χ4v) is 4.36. The second kappa shape index (κ2) is 9.66. The van der Waals surface area contributed by atoms with Gasteiger partial charge in [-0.25, -0.2) is 12.8 Å². The lowest BCUT2D eigenvalue weighted by molar-refractivity contribution is -0.130. The van der Waals surface area contributed by atoms with Gasteiger partial charge in [-0.05, 0) is 42.8 Å². The van der Waals surface area contributed by atoms with Crippen LogP contribution in [0.4, 0.5) is 10.1 Å². The predicted molar refractivity (Wildman–Crippen MR) is 119 cm³/mol. The molecule has 0 bridgehead atoms. The van der Waals surface area contributed by atoms with Gasteiger partial charge >= 0.3 is 0 Å². The van der Waals surface area contributed by atoms with Gasteiger partial charge in [0.25, 0.3) is 15.9 Å². The van der Waals surface area contributed by atoms with E-state index in [9.17, 15) is 22.4 Å². The van der Waals surface area contributed by atoms with Crippen LogP contribution in [0.5, 0.6) is 0 Å². The molecule has 0 radical (unpaired) electrons. The first-order valence-electron chi connectivity index (χ1n) is 10.2. The molecule has 1 N–H and O–H groups in total. The number of aryl methyl sites for hydroxylation is 1. The van der Waals surface area contributed by atoms with Crippen molar-refractivity contribution in [3.63, 3.8) is 0 Å². The molecular weight excluding hydrogens is 435 g/mol. The van der Waals surface area contributed by atoms with Crippen LogP contribution in [0.3, 0.4) is 0 Å². The Morgan fingerprint density at radius 3 is 2.38 bits per heavy atom. The maximum absolute atomic E-state index is 13.8. The molecule has 2 aromatic carbocycles. The Labute approximate surface area is 187 Å². The molecule has 1 saturated heterocycles. The van der Waals surface area contributed by atoms with E-state index in [-0.39, 0.29) is 22.4 Å². The molecule has 8 nitrogen and oxygen atoms in total. The van der Waals surface area contributed by atoms with E-state index < -0.39 is 15.8 Å². The number of carbonyl (C=O) groups is 2. The van der Waals surface area contributed by atoms with Gasteiger partial charge in [-0.2, -0.15) is 0 Å². The Bertz CT molecular complexity index is 1110. The first kappa shape index (κ1) is 23.7. The zero-order valence-corrected chi connectivity index (χ0v) is 19.2. The van der Waals surface area contributed by atoms with E-state index in [1.165, 1.54) is 29.2 Å². The molecule has 3 rings (SSSR count). The largest absolute Gasteiger partial charge is 0.348 e. The summed E-state index contributed by atoms with van der Waals surface area (Å²) in [6.07, 6.45) is 0. The van der Waals surface area contributed by atoms with Crippen molar-refractivity contribution in [1.29, 1.82) is 0 Å². The van der Waals surface area contributed by atoms with Gasteiger partial charge in [-0.15, -0.1) is 0 Å². The standard InChI is InChI=1S/C22H27FN4O4S/c1-16-7-8-19(14-20(16)23)32(30,31)24-18-6-4-5-17(13-18)22(29)27-11-9-26(10-12-27)15-21(28)25(2)3/h4-8,13-14,24H,9-12,15H2,1-3H3. The number of benzene rings is 2. The number of nitrogens with one attached hydrogen (secondary N) is 1. The summed E-state index contributed by atoms with van der Waals surface area (Å²) in [7, 11) is -0.589. The number of anilines is 1. The van der Waals surface area contributed by atoms with E-state index in [0.717, 1.165) is 6.07 Å². The van der Waals surface area contributed by atoms with E-state index in [2.05, 4.69) is 4.72 Å². The molecule has 1 fully saturated rings. The number of hydrogen-bond acceptors (Lipinski definition) is 5. The number of rotatable bonds is 6. The zero-order chi connectivity index (χ0) is 23.5. The molecule has 1 heterocycles. The van der Waals surface area contributed by atoms with Crippen LogP contribution in [0.1, 0.15) is 15.9 Å². The molecule has 172 valence electrons. The number of hydrogen-bond donors (Lipinski definition) is 1. The van der Waals surface area contributed by atoms with Gasteiger partial charge in [0, 0.05) is 51.5 Å². The van der Waals surface area contributed by atoms with Crippen molar-refractivity contribution in [1.82, 2.24) is 14.7 Å². The summed E-state index contributed by atoms with van der Waals surface area (Å²) in [5.41, 5.74) is 0.910. The summed E-state index contributed by atoms with van der Waals surface area (Å²) in [5, 5.41) is 0. The van der Waals surface area contributed by atoms with Crippen LogP contribution in [0, 0.1) is 12.7 Å². The summed E-state index contributed by atoms with van der Waals surface area (Å²) in [5.74, 6) is -0.813. The van der Waals surface area contributed by atoms with E-state index in [0.29, 0.717) is 43.9 Å². The van der Waals surface area contributed by atoms with Gasteiger partial charge < -0.3 is 9.80 Å². The Morgan fingerprint density at radius 2 is 1.75 bits per heavy atom. The molecule has 1 aliphatic rings. The van der Waals surface area contributed by atoms with Gasteiger partial charge in [0.2, 0.25) is 5.91 Å². The highest BCUT2D eigenvalue weighted by atomic mass is 32.2. The monoisotopic (exact) mass is 462 g/mol. The third-order valence-corrected chi connectivity index (χ3v) is 6.71. The lowest BCUT2D eigenvalue weighted by Crippen LogP contribution is -2.51. The highest BCUT2D eigenvalue weighted by Gasteiger charge is 2.24. The second-order valence-corrected chi connectivity index (χ2v) is 9.64. The van der Waals surface area contributed by atoms with Crippen molar-refractivity contribution in [3.8, 4) is 0 Å². The van der Waals surface area contributed by atoms with Crippen LogP contribution < -0.4 is 4.72 Å². The maximum Gasteiger partial charge on any atom is 0.261 e. The van der Waals surface area contributed by atoms with E-state index >= 15 is 0 Å². The average Bonchev–Trinajstić information content (AvgIpc) is 2.75. The van der Waals surface area contributed by atoms with Crippen LogP contribution in [0.25, 0.3) is 0 Å². The summed E-state index contributed by atoms with van der Waals surface area (Å²) in [4.78, 5) is 29.8. The summed E-state index contributed by atoms with van der Waals surface area (Å²) >= 11 is 0. The van der Waals surface area contributed by atoms with Gasteiger partial charge in [0.1, 0.15) is 5.82 Å². The number of carbonyl (C=O) groups excluding carboxylic acids is 2. The first-order chi connectivity index (χ1) is 15.1. The number of amides is 2. The van der Waals surface area contributed by atoms with Gasteiger partial charge in [0.15, 0.2) is 0 Å². The number of halogens is 1. The molecule has 10 heteroatoms. The van der Waals surface area contributed by atoms with Crippen molar-refractivity contribution in [2.24, 2.45) is 0 Å². The summed E-state index contributed by atoms with van der Waals surface area (Å²) in [6, 6.07) is 9.90. The fraction of sp³-hybridized carbons (Fsp3) is 0.364. The van der Waals surface area contributed by atoms with Crippen molar-refractivity contribution < 1.29 is 22.4 Å². The minimum Gasteiger partial charge on any atom is -0.348 e. The van der Waals surface area contributed by atoms with E-state index in [1.807, 2.05) is 4.90 Å². The van der Waals surface area contributed by atoms with Crippen LogP contribution in [0.2, 0.25) is 0 Å². The lowest BCUT2D eigenvalue weighted by Gasteiger charge is -2.34. The minimum absolute atomic E-state index is 0.0122. The predicted octanol–water partition coefficient (Wildman–Crippen LogP) is 1.78. The Morgan fingerprint density at radius 1 is 1.06 bits per heavy atom. The molecule has 32 heavy (non-hydrogen) atoms. The van der Waals surface area contributed by atoms with Crippen molar-refractivity contribution >= 4 is 27.5 Å². The smallest absolute Gasteiger partial charge is 0.261 e. The fourth-order valence-electron chi connectivity index (χ4n) is 3.29. The molecule has 2 aromatic rings. The van der Waals surface area contributed by atoms with E-state index in [4.69, 9.17) is 0 Å². The molecule has 0 spiro atoms. The molecule has 0 saturated carbocycles. The third-order valence-electron chi connectivity index (χ3n) is 5.33. The van der Waals surface area contributed by atoms with Crippen LogP contribution >= 0.6 is 0 Å². The number of nitrogens with zero attached hydrogens (tertiary/aromatic N) is 3. The average molecular weight is 463 g/mol. The minimum atomic E-state index is -4.00. The summed E-state index contributed by atoms with van der Waals surface area (Å²) in [6.45, 7) is 3.96. The second-order valence-electron chi connectivity index (χ2n) is 7.95. The topological polar surface area (TPSA) is 90.0 Å². The van der Waals surface area contributed by atoms with Crippen molar-refractivity contribution in [2.75, 3.05) is 51.5 Å². The molecule has 0 unspecified atom stereocenters. The van der Waals surface area contributed by atoms with Crippen molar-refractivity contribution in [3.05, 3.63) is 59.4 Å². The highest BCUT2D eigenvalue weighted by Crippen LogP contribution is 2.20. The van der Waals surface area contributed by atoms with Gasteiger partial charge in [-0.1, -0.05) is 12.1 Å². The van der Waals surface area contributed by atoms with Crippen LogP contribution in [-0.4, -0.2) is 81.8 Å². The van der Waals surface area contributed by atoms with Crippen molar-refractivity contribution in [2.45, 2.75) is 11.8 Å². The number of sulfonamides is 1. The Kier molecular flexibility index (Phi) is 7.15. The van der Waals surface area contributed by atoms with E-state index in [1.54, 1.807) is 38.1 Å². The summed E-state index contributed by atoms with van der Waals surface area (Å²) < 4.78 is 41.4. The molecule has 0 aliphatic carbocycles. The lowest BCUT2D eigenvalue weighted by atomic mass is 10.1. The Balaban J connectivity index is 1.66. The van der Waals surface area contributed by atoms with Crippen LogP contribution in [-0.2, 0) is 14.8 Å². The van der Waals surface area contributed by atoms with Gasteiger partial charge in [0.05, 0.1) is 11.4 Å². The number of likely N-dealkylation sites (N-methyl/N-ethyl adjacent to an activating group) is 1. The molecular formula is C22H27FN4O4S. The molecule has 0 aromatic heterocycles. The first-order valence-corrected chi connectivity index (χ1v) is 11.7. The molecule has 1 aliphatic heterocycles.